The number of nitrogens with one attached hydrogen (secondary N) is 1. The van der Waals surface area contributed by atoms with Crippen LogP contribution >= 0.6 is 0 Å². The van der Waals surface area contributed by atoms with E-state index in [4.69, 9.17) is 4.74 Å². The number of benzene rings is 1. The molecule has 2 heteroatoms. The largest absolute Gasteiger partial charge is 0.369 e. The Kier molecular flexibility index (Phi) is 4.97. The van der Waals surface area contributed by atoms with Crippen LogP contribution in [-0.2, 0) is 4.74 Å². The fraction of sp³-hybridized carbons (Fsp3) is 0.684. The van der Waals surface area contributed by atoms with Crippen molar-refractivity contribution in [3.8, 4) is 0 Å². The Morgan fingerprint density at radius 2 is 1.90 bits per heavy atom. The van der Waals surface area contributed by atoms with Gasteiger partial charge in [0.15, 0.2) is 0 Å². The van der Waals surface area contributed by atoms with Crippen molar-refractivity contribution in [3.63, 3.8) is 0 Å². The summed E-state index contributed by atoms with van der Waals surface area (Å²) in [4.78, 5) is 0. The van der Waals surface area contributed by atoms with Crippen LogP contribution in [0.1, 0.15) is 62.7 Å². The lowest BCUT2D eigenvalue weighted by Gasteiger charge is -2.31. The molecular formula is C19H29NO. The van der Waals surface area contributed by atoms with E-state index in [1.54, 1.807) is 0 Å². The van der Waals surface area contributed by atoms with Gasteiger partial charge in [-0.15, -0.1) is 0 Å². The highest BCUT2D eigenvalue weighted by molar-refractivity contribution is 5.23. The SMILES string of the molecule is Cc1ccc(C(CNC2CC2)OC2CCCC(C)C2)cc1. The van der Waals surface area contributed by atoms with Crippen molar-refractivity contribution >= 4 is 0 Å². The van der Waals surface area contributed by atoms with Gasteiger partial charge in [-0.3, -0.25) is 0 Å². The molecule has 116 valence electrons. The summed E-state index contributed by atoms with van der Waals surface area (Å²) in [5, 5.41) is 3.65. The third-order valence-corrected chi connectivity index (χ3v) is 4.86. The first-order valence-electron chi connectivity index (χ1n) is 8.66. The van der Waals surface area contributed by atoms with Crippen LogP contribution in [-0.4, -0.2) is 18.7 Å². The molecule has 1 aromatic carbocycles. The molecule has 0 aliphatic heterocycles. The van der Waals surface area contributed by atoms with Crippen LogP contribution < -0.4 is 5.32 Å². The molecule has 0 aromatic heterocycles. The Labute approximate surface area is 129 Å². The quantitative estimate of drug-likeness (QED) is 0.838. The Hall–Kier alpha value is -0.860. The van der Waals surface area contributed by atoms with E-state index in [1.165, 1.54) is 49.7 Å². The molecule has 2 nitrogen and oxygen atoms in total. The smallest absolute Gasteiger partial charge is 0.0953 e. The first-order chi connectivity index (χ1) is 10.2. The molecule has 3 unspecified atom stereocenters. The molecule has 2 fully saturated rings. The predicted molar refractivity (Wildman–Crippen MR) is 87.4 cm³/mol. The van der Waals surface area contributed by atoms with Gasteiger partial charge >= 0.3 is 0 Å². The molecule has 0 spiro atoms. The van der Waals surface area contributed by atoms with E-state index in [9.17, 15) is 0 Å². The van der Waals surface area contributed by atoms with Crippen molar-refractivity contribution in [3.05, 3.63) is 35.4 Å². The zero-order valence-corrected chi connectivity index (χ0v) is 13.5. The molecule has 1 N–H and O–H groups in total. The summed E-state index contributed by atoms with van der Waals surface area (Å²) >= 11 is 0. The molecule has 0 saturated heterocycles. The maximum Gasteiger partial charge on any atom is 0.0953 e. The molecule has 0 bridgehead atoms. The third kappa shape index (κ3) is 4.55. The second-order valence-corrected chi connectivity index (χ2v) is 7.11. The fourth-order valence-electron chi connectivity index (χ4n) is 3.32. The molecule has 1 aromatic rings. The summed E-state index contributed by atoms with van der Waals surface area (Å²) in [5.74, 6) is 0.818. The minimum Gasteiger partial charge on any atom is -0.369 e. The van der Waals surface area contributed by atoms with Gasteiger partial charge in [0.05, 0.1) is 12.2 Å². The molecule has 0 heterocycles. The van der Waals surface area contributed by atoms with E-state index in [1.807, 2.05) is 0 Å². The molecule has 2 aliphatic rings. The zero-order valence-electron chi connectivity index (χ0n) is 13.5. The molecule has 21 heavy (non-hydrogen) atoms. The van der Waals surface area contributed by atoms with Crippen molar-refractivity contribution in [1.29, 1.82) is 0 Å². The first-order valence-corrected chi connectivity index (χ1v) is 8.66. The number of aryl methyl sites for hydroxylation is 1. The standard InChI is InChI=1S/C19H29NO/c1-14-6-8-16(9-7-14)19(13-20-17-10-11-17)21-18-5-3-4-15(2)12-18/h6-9,15,17-20H,3-5,10-13H2,1-2H3. The van der Waals surface area contributed by atoms with Crippen LogP contribution in [0.4, 0.5) is 0 Å². The van der Waals surface area contributed by atoms with Crippen molar-refractivity contribution < 1.29 is 4.74 Å². The summed E-state index contributed by atoms with van der Waals surface area (Å²) < 4.78 is 6.50. The van der Waals surface area contributed by atoms with Crippen LogP contribution in [0.25, 0.3) is 0 Å². The average molecular weight is 287 g/mol. The van der Waals surface area contributed by atoms with Gasteiger partial charge in [0.2, 0.25) is 0 Å². The monoisotopic (exact) mass is 287 g/mol. The maximum atomic E-state index is 6.50. The highest BCUT2D eigenvalue weighted by atomic mass is 16.5. The van der Waals surface area contributed by atoms with Gasteiger partial charge in [0.1, 0.15) is 0 Å². The lowest BCUT2D eigenvalue weighted by atomic mass is 9.88. The summed E-state index contributed by atoms with van der Waals surface area (Å²) in [6.45, 7) is 5.46. The van der Waals surface area contributed by atoms with Crippen molar-refractivity contribution in [2.75, 3.05) is 6.54 Å². The summed E-state index contributed by atoms with van der Waals surface area (Å²) in [6.07, 6.45) is 8.48. The van der Waals surface area contributed by atoms with Gasteiger partial charge in [-0.2, -0.15) is 0 Å². The highest BCUT2D eigenvalue weighted by Crippen LogP contribution is 2.30. The number of hydrogen-bond acceptors (Lipinski definition) is 2. The van der Waals surface area contributed by atoms with Crippen molar-refractivity contribution in [1.82, 2.24) is 5.32 Å². The van der Waals surface area contributed by atoms with Gasteiger partial charge < -0.3 is 10.1 Å². The Balaban J connectivity index is 1.63. The molecule has 2 aliphatic carbocycles. The third-order valence-electron chi connectivity index (χ3n) is 4.86. The molecular weight excluding hydrogens is 258 g/mol. The normalized spacial score (nSPS) is 27.5. The van der Waals surface area contributed by atoms with Gasteiger partial charge in [0, 0.05) is 12.6 Å². The highest BCUT2D eigenvalue weighted by Gasteiger charge is 2.26. The van der Waals surface area contributed by atoms with E-state index < -0.39 is 0 Å². The summed E-state index contributed by atoms with van der Waals surface area (Å²) in [6, 6.07) is 9.62. The van der Waals surface area contributed by atoms with Gasteiger partial charge in [0.25, 0.3) is 0 Å². The fourth-order valence-corrected chi connectivity index (χ4v) is 3.32. The summed E-state index contributed by atoms with van der Waals surface area (Å²) in [5.41, 5.74) is 2.64. The zero-order chi connectivity index (χ0) is 14.7. The molecule has 3 atom stereocenters. The molecule has 2 saturated carbocycles. The predicted octanol–water partition coefficient (Wildman–Crippen LogP) is 4.38. The van der Waals surface area contributed by atoms with Crippen LogP contribution in [0.15, 0.2) is 24.3 Å². The topological polar surface area (TPSA) is 21.3 Å². The van der Waals surface area contributed by atoms with Crippen LogP contribution in [0, 0.1) is 12.8 Å². The van der Waals surface area contributed by atoms with Crippen LogP contribution in [0.2, 0.25) is 0 Å². The van der Waals surface area contributed by atoms with E-state index >= 15 is 0 Å². The first kappa shape index (κ1) is 15.1. The number of rotatable bonds is 6. The number of hydrogen-bond donors (Lipinski definition) is 1. The Morgan fingerprint density at radius 1 is 1.14 bits per heavy atom. The van der Waals surface area contributed by atoms with Crippen molar-refractivity contribution in [2.45, 2.75) is 70.6 Å². The minimum absolute atomic E-state index is 0.210. The van der Waals surface area contributed by atoms with E-state index in [2.05, 4.69) is 43.4 Å². The second-order valence-electron chi connectivity index (χ2n) is 7.11. The summed E-state index contributed by atoms with van der Waals surface area (Å²) in [7, 11) is 0. The lowest BCUT2D eigenvalue weighted by Crippen LogP contribution is -2.30. The lowest BCUT2D eigenvalue weighted by molar-refractivity contribution is -0.0396. The maximum absolute atomic E-state index is 6.50. The average Bonchev–Trinajstić information content (AvgIpc) is 3.29. The Morgan fingerprint density at radius 3 is 2.57 bits per heavy atom. The van der Waals surface area contributed by atoms with E-state index in [-0.39, 0.29) is 6.10 Å². The Bertz CT molecular complexity index is 437. The molecule has 0 amide bonds. The second kappa shape index (κ2) is 6.93. The van der Waals surface area contributed by atoms with Gasteiger partial charge in [-0.1, -0.05) is 49.6 Å². The van der Waals surface area contributed by atoms with E-state index in [0.717, 1.165) is 18.5 Å². The minimum atomic E-state index is 0.210. The number of ether oxygens (including phenoxy) is 1. The van der Waals surface area contributed by atoms with Gasteiger partial charge in [-0.05, 0) is 44.1 Å². The molecule has 3 rings (SSSR count). The van der Waals surface area contributed by atoms with Crippen molar-refractivity contribution in [2.24, 2.45) is 5.92 Å². The van der Waals surface area contributed by atoms with Crippen LogP contribution in [0.5, 0.6) is 0 Å². The molecule has 0 radical (unpaired) electrons. The van der Waals surface area contributed by atoms with E-state index in [0.29, 0.717) is 6.10 Å². The van der Waals surface area contributed by atoms with Gasteiger partial charge in [-0.25, -0.2) is 0 Å². The van der Waals surface area contributed by atoms with Crippen LogP contribution in [0.3, 0.4) is 0 Å².